The Morgan fingerprint density at radius 1 is 1.13 bits per heavy atom. The van der Waals surface area contributed by atoms with Crippen LogP contribution >= 0.6 is 0 Å². The molecule has 0 spiro atoms. The van der Waals surface area contributed by atoms with Crippen molar-refractivity contribution in [3.63, 3.8) is 0 Å². The van der Waals surface area contributed by atoms with Crippen LogP contribution in [-0.2, 0) is 4.79 Å². The topological polar surface area (TPSA) is 40.1 Å². The first-order valence-corrected chi connectivity index (χ1v) is 5.73. The second kappa shape index (κ2) is 5.17. The Labute approximate surface area is 135 Å². The smallest absolute Gasteiger partial charge is 0.550 e. The molecule has 2 unspecified atom stereocenters. The zero-order valence-electron chi connectivity index (χ0n) is 10.1. The Hall–Kier alpha value is 1.11. The largest absolute Gasteiger partial charge is 1.00 e. The molecule has 2 rings (SSSR count). The molecule has 2 aliphatic rings. The fourth-order valence-corrected chi connectivity index (χ4v) is 3.95. The quantitative estimate of drug-likeness (QED) is 0.523. The van der Waals surface area contributed by atoms with Crippen LogP contribution in [0.3, 0.4) is 0 Å². The first-order chi connectivity index (χ1) is 6.52. The van der Waals surface area contributed by atoms with Crippen LogP contribution in [0.1, 0.15) is 46.0 Å². The minimum absolute atomic E-state index is 0. The van der Waals surface area contributed by atoms with Crippen LogP contribution in [0.5, 0.6) is 0 Å². The van der Waals surface area contributed by atoms with E-state index in [4.69, 9.17) is 0 Å². The molecule has 0 amide bonds. The molecule has 0 aliphatic heterocycles. The average molecular weight is 234 g/mol. The molecule has 0 radical (unpaired) electrons. The number of rotatable bonds is 1. The zero-order chi connectivity index (χ0) is 10.3. The van der Waals surface area contributed by atoms with E-state index in [1.807, 2.05) is 0 Å². The van der Waals surface area contributed by atoms with E-state index in [1.165, 1.54) is 12.8 Å². The van der Waals surface area contributed by atoms with Gasteiger partial charge in [-0.25, -0.2) is 0 Å². The SMILES string of the molecule is CC1CC2CC(C)CC(C(=O)[O-])(C1)C2.[K+]. The molecule has 0 aromatic heterocycles. The molecule has 0 N–H and O–H groups in total. The third kappa shape index (κ3) is 2.86. The molecule has 2 fully saturated rings. The summed E-state index contributed by atoms with van der Waals surface area (Å²) in [6.07, 6.45) is 5.01. The van der Waals surface area contributed by atoms with Gasteiger partial charge in [0.25, 0.3) is 0 Å². The molecule has 2 saturated carbocycles. The molecule has 2 nitrogen and oxygen atoms in total. The second-order valence-electron chi connectivity index (χ2n) is 5.73. The molecule has 2 bridgehead atoms. The van der Waals surface area contributed by atoms with Gasteiger partial charge in [0.15, 0.2) is 0 Å². The van der Waals surface area contributed by atoms with Crippen LogP contribution in [-0.4, -0.2) is 5.97 Å². The number of hydrogen-bond acceptors (Lipinski definition) is 2. The number of carbonyl (C=O) groups excluding carboxylic acids is 1. The van der Waals surface area contributed by atoms with Gasteiger partial charge >= 0.3 is 51.4 Å². The summed E-state index contributed by atoms with van der Waals surface area (Å²) in [4.78, 5) is 11.3. The summed E-state index contributed by atoms with van der Waals surface area (Å²) < 4.78 is 0. The monoisotopic (exact) mass is 234 g/mol. The van der Waals surface area contributed by atoms with E-state index in [2.05, 4.69) is 13.8 Å². The summed E-state index contributed by atoms with van der Waals surface area (Å²) in [6, 6.07) is 0. The fourth-order valence-electron chi connectivity index (χ4n) is 3.95. The Kier molecular flexibility index (Phi) is 4.89. The van der Waals surface area contributed by atoms with Gasteiger partial charge in [0, 0.05) is 11.4 Å². The minimum Gasteiger partial charge on any atom is -0.550 e. The predicted molar refractivity (Wildman–Crippen MR) is 52.3 cm³/mol. The Bertz CT molecular complexity index is 232. The number of carboxylic acid groups (broad SMARTS) is 1. The third-order valence-corrected chi connectivity index (χ3v) is 4.06. The average Bonchev–Trinajstić information content (AvgIpc) is 2.00. The Morgan fingerprint density at radius 3 is 2.00 bits per heavy atom. The summed E-state index contributed by atoms with van der Waals surface area (Å²) in [5.74, 6) is 0.985. The van der Waals surface area contributed by atoms with E-state index in [0.717, 1.165) is 19.3 Å². The van der Waals surface area contributed by atoms with Gasteiger partial charge in [0.1, 0.15) is 0 Å². The summed E-state index contributed by atoms with van der Waals surface area (Å²) in [5.41, 5.74) is -0.472. The summed E-state index contributed by atoms with van der Waals surface area (Å²) >= 11 is 0. The summed E-state index contributed by atoms with van der Waals surface area (Å²) in [7, 11) is 0. The van der Waals surface area contributed by atoms with E-state index in [-0.39, 0.29) is 51.4 Å². The van der Waals surface area contributed by atoms with Crippen molar-refractivity contribution in [1.82, 2.24) is 0 Å². The van der Waals surface area contributed by atoms with Gasteiger partial charge in [0.05, 0.1) is 0 Å². The van der Waals surface area contributed by atoms with Crippen LogP contribution < -0.4 is 56.5 Å². The van der Waals surface area contributed by atoms with Crippen molar-refractivity contribution in [2.24, 2.45) is 23.2 Å². The van der Waals surface area contributed by atoms with Crippen molar-refractivity contribution < 1.29 is 61.3 Å². The van der Waals surface area contributed by atoms with Crippen molar-refractivity contribution in [3.8, 4) is 0 Å². The molecule has 15 heavy (non-hydrogen) atoms. The molecule has 0 aromatic rings. The Balaban J connectivity index is 0.00000112. The number of carboxylic acids is 1. The van der Waals surface area contributed by atoms with Gasteiger partial charge in [-0.2, -0.15) is 0 Å². The molecular weight excluding hydrogens is 215 g/mol. The number of fused-ring (bicyclic) bond motifs is 2. The maximum atomic E-state index is 11.3. The van der Waals surface area contributed by atoms with Crippen LogP contribution in [0.2, 0.25) is 0 Å². The molecular formula is C12H19KO2. The van der Waals surface area contributed by atoms with Gasteiger partial charge < -0.3 is 9.90 Å². The third-order valence-electron chi connectivity index (χ3n) is 4.06. The number of carbonyl (C=O) groups is 1. The number of aliphatic carboxylic acids is 1. The van der Waals surface area contributed by atoms with E-state index in [1.54, 1.807) is 0 Å². The molecule has 3 heteroatoms. The maximum Gasteiger partial charge on any atom is 1.00 e. The van der Waals surface area contributed by atoms with E-state index < -0.39 is 11.4 Å². The minimum atomic E-state index is -0.791. The van der Waals surface area contributed by atoms with Crippen molar-refractivity contribution in [2.75, 3.05) is 0 Å². The molecule has 0 aromatic carbocycles. The van der Waals surface area contributed by atoms with Gasteiger partial charge in [0.2, 0.25) is 0 Å². The van der Waals surface area contributed by atoms with Crippen LogP contribution in [0.4, 0.5) is 0 Å². The first-order valence-electron chi connectivity index (χ1n) is 5.73. The van der Waals surface area contributed by atoms with E-state index >= 15 is 0 Å². The van der Waals surface area contributed by atoms with E-state index in [9.17, 15) is 9.90 Å². The van der Waals surface area contributed by atoms with Crippen LogP contribution in [0.15, 0.2) is 0 Å². The maximum absolute atomic E-state index is 11.3. The molecule has 2 atom stereocenters. The molecule has 0 saturated heterocycles. The van der Waals surface area contributed by atoms with Crippen molar-refractivity contribution in [1.29, 1.82) is 0 Å². The fraction of sp³-hybridized carbons (Fsp3) is 0.917. The Morgan fingerprint density at radius 2 is 1.60 bits per heavy atom. The standard InChI is InChI=1S/C12H20O2.K/c1-8-3-10-4-9(2)6-12(5-8,7-10)11(13)14;/h8-10H,3-7H2,1-2H3,(H,13,14);/q;+1/p-1. The zero-order valence-corrected chi connectivity index (χ0v) is 13.2. The number of hydrogen-bond donors (Lipinski definition) is 0. The summed E-state index contributed by atoms with van der Waals surface area (Å²) in [5, 5.41) is 11.3. The van der Waals surface area contributed by atoms with Crippen molar-refractivity contribution in [3.05, 3.63) is 0 Å². The van der Waals surface area contributed by atoms with Gasteiger partial charge in [-0.15, -0.1) is 0 Å². The van der Waals surface area contributed by atoms with Crippen LogP contribution in [0, 0.1) is 23.2 Å². The first kappa shape index (κ1) is 14.2. The van der Waals surface area contributed by atoms with Crippen molar-refractivity contribution >= 4 is 5.97 Å². The molecule has 2 aliphatic carbocycles. The van der Waals surface area contributed by atoms with Gasteiger partial charge in [-0.1, -0.05) is 13.8 Å². The molecule has 80 valence electrons. The van der Waals surface area contributed by atoms with E-state index in [0.29, 0.717) is 17.8 Å². The van der Waals surface area contributed by atoms with Crippen LogP contribution in [0.25, 0.3) is 0 Å². The second-order valence-corrected chi connectivity index (χ2v) is 5.73. The van der Waals surface area contributed by atoms with Gasteiger partial charge in [-0.05, 0) is 49.9 Å². The van der Waals surface area contributed by atoms with Gasteiger partial charge in [-0.3, -0.25) is 0 Å². The molecule has 0 heterocycles. The summed E-state index contributed by atoms with van der Waals surface area (Å²) in [6.45, 7) is 4.36. The predicted octanol–water partition coefficient (Wildman–Crippen LogP) is -1.41. The van der Waals surface area contributed by atoms with Crippen molar-refractivity contribution in [2.45, 2.75) is 46.0 Å². The normalized spacial score (nSPS) is 44.3.